The number of rotatable bonds is 12. The molecular formula is C20H32O2. The number of esters is 1. The maximum Gasteiger partial charge on any atom is 0.305 e. The van der Waals surface area contributed by atoms with Gasteiger partial charge < -0.3 is 4.74 Å². The molecule has 0 fully saturated rings. The summed E-state index contributed by atoms with van der Waals surface area (Å²) < 4.78 is 4.65. The van der Waals surface area contributed by atoms with Gasteiger partial charge in [0.1, 0.15) is 0 Å². The smallest absolute Gasteiger partial charge is 0.305 e. The van der Waals surface area contributed by atoms with Crippen LogP contribution in [0, 0.1) is 0 Å². The van der Waals surface area contributed by atoms with Crippen LogP contribution in [0.4, 0.5) is 0 Å². The fourth-order valence-electron chi connectivity index (χ4n) is 2.68. The minimum absolute atomic E-state index is 0.103. The van der Waals surface area contributed by atoms with E-state index in [0.29, 0.717) is 6.42 Å². The Morgan fingerprint density at radius 2 is 1.32 bits per heavy atom. The van der Waals surface area contributed by atoms with Crippen LogP contribution >= 0.6 is 0 Å². The Labute approximate surface area is 136 Å². The highest BCUT2D eigenvalue weighted by atomic mass is 16.5. The van der Waals surface area contributed by atoms with E-state index in [2.05, 4.69) is 35.9 Å². The Morgan fingerprint density at radius 3 is 1.86 bits per heavy atom. The Kier molecular flexibility index (Phi) is 10.4. The zero-order chi connectivity index (χ0) is 16.0. The number of ether oxygens (including phenoxy) is 1. The van der Waals surface area contributed by atoms with Gasteiger partial charge in [-0.05, 0) is 43.2 Å². The largest absolute Gasteiger partial charge is 0.469 e. The summed E-state index contributed by atoms with van der Waals surface area (Å²) in [7, 11) is 1.45. The first-order valence-electron chi connectivity index (χ1n) is 8.91. The zero-order valence-corrected chi connectivity index (χ0v) is 14.4. The van der Waals surface area contributed by atoms with E-state index in [1.54, 1.807) is 0 Å². The summed E-state index contributed by atoms with van der Waals surface area (Å²) in [6.45, 7) is 2.26. The van der Waals surface area contributed by atoms with E-state index < -0.39 is 0 Å². The van der Waals surface area contributed by atoms with Crippen LogP contribution in [-0.4, -0.2) is 13.1 Å². The van der Waals surface area contributed by atoms with Gasteiger partial charge in [0.2, 0.25) is 0 Å². The monoisotopic (exact) mass is 304 g/mol. The second-order valence-corrected chi connectivity index (χ2v) is 6.12. The van der Waals surface area contributed by atoms with Gasteiger partial charge in [-0.3, -0.25) is 4.79 Å². The molecule has 0 spiro atoms. The van der Waals surface area contributed by atoms with E-state index in [0.717, 1.165) is 19.3 Å². The van der Waals surface area contributed by atoms with Crippen molar-refractivity contribution in [2.45, 2.75) is 77.6 Å². The third-order valence-corrected chi connectivity index (χ3v) is 4.17. The van der Waals surface area contributed by atoms with Crippen LogP contribution in [0.2, 0.25) is 0 Å². The van der Waals surface area contributed by atoms with Crippen molar-refractivity contribution < 1.29 is 9.53 Å². The molecule has 1 rings (SSSR count). The zero-order valence-electron chi connectivity index (χ0n) is 14.4. The minimum Gasteiger partial charge on any atom is -0.469 e. The molecular weight excluding hydrogens is 272 g/mol. The standard InChI is InChI=1S/C20H32O2/c1-3-4-5-6-7-8-11-18-14-16-19(17-15-18)12-9-10-13-20(21)22-2/h14-17H,3-13H2,1-2H3. The average Bonchev–Trinajstić information content (AvgIpc) is 2.55. The van der Waals surface area contributed by atoms with Crippen molar-refractivity contribution in [2.75, 3.05) is 7.11 Å². The lowest BCUT2D eigenvalue weighted by Crippen LogP contribution is -1.99. The number of benzene rings is 1. The number of carbonyl (C=O) groups is 1. The van der Waals surface area contributed by atoms with Crippen LogP contribution in [-0.2, 0) is 22.4 Å². The molecule has 0 N–H and O–H groups in total. The molecule has 22 heavy (non-hydrogen) atoms. The fraction of sp³-hybridized carbons (Fsp3) is 0.650. The molecule has 0 saturated heterocycles. The lowest BCUT2D eigenvalue weighted by molar-refractivity contribution is -0.140. The molecule has 1 aromatic carbocycles. The summed E-state index contributed by atoms with van der Waals surface area (Å²) in [6, 6.07) is 9.01. The van der Waals surface area contributed by atoms with Crippen LogP contribution in [0.25, 0.3) is 0 Å². The van der Waals surface area contributed by atoms with Crippen molar-refractivity contribution in [3.05, 3.63) is 35.4 Å². The van der Waals surface area contributed by atoms with Gasteiger partial charge in [-0.15, -0.1) is 0 Å². The van der Waals surface area contributed by atoms with Gasteiger partial charge in [-0.1, -0.05) is 63.3 Å². The van der Waals surface area contributed by atoms with Crippen molar-refractivity contribution in [2.24, 2.45) is 0 Å². The first-order valence-corrected chi connectivity index (χ1v) is 8.91. The van der Waals surface area contributed by atoms with E-state index in [1.165, 1.54) is 63.2 Å². The van der Waals surface area contributed by atoms with Gasteiger partial charge in [-0.2, -0.15) is 0 Å². The molecule has 1 aromatic rings. The van der Waals surface area contributed by atoms with E-state index in [1.807, 2.05) is 0 Å². The molecule has 0 aromatic heterocycles. The topological polar surface area (TPSA) is 26.3 Å². The van der Waals surface area contributed by atoms with Gasteiger partial charge in [0.05, 0.1) is 7.11 Å². The molecule has 2 heteroatoms. The van der Waals surface area contributed by atoms with E-state index >= 15 is 0 Å². The molecule has 0 aliphatic heterocycles. The summed E-state index contributed by atoms with van der Waals surface area (Å²) in [5.41, 5.74) is 2.82. The van der Waals surface area contributed by atoms with Crippen molar-refractivity contribution in [1.82, 2.24) is 0 Å². The summed E-state index contributed by atoms with van der Waals surface area (Å²) in [4.78, 5) is 11.0. The van der Waals surface area contributed by atoms with Crippen molar-refractivity contribution in [3.8, 4) is 0 Å². The lowest BCUT2D eigenvalue weighted by Gasteiger charge is -2.05. The highest BCUT2D eigenvalue weighted by Crippen LogP contribution is 2.13. The highest BCUT2D eigenvalue weighted by molar-refractivity contribution is 5.68. The molecule has 0 heterocycles. The second kappa shape index (κ2) is 12.3. The van der Waals surface area contributed by atoms with Crippen LogP contribution in [0.1, 0.15) is 75.8 Å². The third-order valence-electron chi connectivity index (χ3n) is 4.17. The van der Waals surface area contributed by atoms with Gasteiger partial charge in [0.25, 0.3) is 0 Å². The van der Waals surface area contributed by atoms with Gasteiger partial charge in [0.15, 0.2) is 0 Å². The first-order chi connectivity index (χ1) is 10.8. The highest BCUT2D eigenvalue weighted by Gasteiger charge is 2.00. The number of hydrogen-bond acceptors (Lipinski definition) is 2. The Hall–Kier alpha value is -1.31. The van der Waals surface area contributed by atoms with Crippen LogP contribution in [0.3, 0.4) is 0 Å². The maximum absolute atomic E-state index is 11.0. The van der Waals surface area contributed by atoms with Crippen molar-refractivity contribution in [1.29, 1.82) is 0 Å². The minimum atomic E-state index is -0.103. The van der Waals surface area contributed by atoms with E-state index in [9.17, 15) is 4.79 Å². The summed E-state index contributed by atoms with van der Waals surface area (Å²) >= 11 is 0. The molecule has 0 radical (unpaired) electrons. The number of aryl methyl sites for hydroxylation is 2. The summed E-state index contributed by atoms with van der Waals surface area (Å²) in [5.74, 6) is -0.103. The molecule has 0 amide bonds. The summed E-state index contributed by atoms with van der Waals surface area (Å²) in [6.07, 6.45) is 12.9. The molecule has 2 nitrogen and oxygen atoms in total. The van der Waals surface area contributed by atoms with Crippen molar-refractivity contribution in [3.63, 3.8) is 0 Å². The van der Waals surface area contributed by atoms with Gasteiger partial charge in [0, 0.05) is 6.42 Å². The molecule has 0 saturated carbocycles. The van der Waals surface area contributed by atoms with Gasteiger partial charge in [-0.25, -0.2) is 0 Å². The molecule has 0 aliphatic carbocycles. The average molecular weight is 304 g/mol. The van der Waals surface area contributed by atoms with Crippen molar-refractivity contribution >= 4 is 5.97 Å². The maximum atomic E-state index is 11.0. The lowest BCUT2D eigenvalue weighted by atomic mass is 10.0. The predicted molar refractivity (Wildman–Crippen MR) is 93.1 cm³/mol. The second-order valence-electron chi connectivity index (χ2n) is 6.12. The van der Waals surface area contributed by atoms with Crippen LogP contribution in [0.15, 0.2) is 24.3 Å². The van der Waals surface area contributed by atoms with Crippen LogP contribution in [0.5, 0.6) is 0 Å². The summed E-state index contributed by atoms with van der Waals surface area (Å²) in [5, 5.41) is 0. The number of methoxy groups -OCH3 is 1. The Morgan fingerprint density at radius 1 is 0.818 bits per heavy atom. The SMILES string of the molecule is CCCCCCCCc1ccc(CCCCC(=O)OC)cc1. The predicted octanol–water partition coefficient (Wildman–Crippen LogP) is 5.48. The van der Waals surface area contributed by atoms with Crippen LogP contribution < -0.4 is 0 Å². The normalized spacial score (nSPS) is 10.6. The molecule has 0 atom stereocenters. The van der Waals surface area contributed by atoms with E-state index in [4.69, 9.17) is 0 Å². The Balaban J connectivity index is 2.13. The number of carbonyl (C=O) groups excluding carboxylic acids is 1. The van der Waals surface area contributed by atoms with Gasteiger partial charge >= 0.3 is 5.97 Å². The Bertz CT molecular complexity index is 395. The quantitative estimate of drug-likeness (QED) is 0.378. The number of unbranched alkanes of at least 4 members (excludes halogenated alkanes) is 6. The molecule has 124 valence electrons. The molecule has 0 aliphatic rings. The third kappa shape index (κ3) is 8.86. The number of hydrogen-bond donors (Lipinski definition) is 0. The molecule has 0 bridgehead atoms. The fourth-order valence-corrected chi connectivity index (χ4v) is 2.68. The molecule has 0 unspecified atom stereocenters. The van der Waals surface area contributed by atoms with E-state index in [-0.39, 0.29) is 5.97 Å². The first kappa shape index (κ1) is 18.7.